The van der Waals surface area contributed by atoms with E-state index in [2.05, 4.69) is 31.2 Å². The Hall–Kier alpha value is -5.41. The van der Waals surface area contributed by atoms with Crippen LogP contribution in [0, 0.1) is 11.8 Å². The van der Waals surface area contributed by atoms with Crippen molar-refractivity contribution in [3.8, 4) is 0 Å². The van der Waals surface area contributed by atoms with Crippen LogP contribution in [0.5, 0.6) is 0 Å². The van der Waals surface area contributed by atoms with Crippen molar-refractivity contribution in [3.05, 3.63) is 59.7 Å². The number of nitrogens with one attached hydrogen (secondary N) is 4. The quantitative estimate of drug-likeness (QED) is 0.193. The van der Waals surface area contributed by atoms with E-state index in [1.165, 1.54) is 23.5 Å². The number of likely N-dealkylation sites (tertiary alicyclic amines) is 1. The molecule has 16 heteroatoms. The first-order chi connectivity index (χ1) is 26.3. The summed E-state index contributed by atoms with van der Waals surface area (Å²) < 4.78 is 5.93. The number of fused-ring (bicyclic) bond motifs is 1. The van der Waals surface area contributed by atoms with Gasteiger partial charge in [0, 0.05) is 37.9 Å². The molecule has 0 unspecified atom stereocenters. The van der Waals surface area contributed by atoms with Gasteiger partial charge in [-0.2, -0.15) is 0 Å². The molecule has 3 aliphatic rings. The highest BCUT2D eigenvalue weighted by molar-refractivity contribution is 6.38. The lowest BCUT2D eigenvalue weighted by Crippen LogP contribution is -2.59. The lowest BCUT2D eigenvalue weighted by atomic mass is 9.98. The van der Waals surface area contributed by atoms with E-state index < -0.39 is 77.6 Å². The molecule has 1 aromatic carbocycles. The van der Waals surface area contributed by atoms with Gasteiger partial charge in [0.25, 0.3) is 11.8 Å². The topological polar surface area (TPSA) is 209 Å². The van der Waals surface area contributed by atoms with E-state index in [-0.39, 0.29) is 37.0 Å². The van der Waals surface area contributed by atoms with Crippen molar-refractivity contribution in [2.24, 2.45) is 11.8 Å². The zero-order chi connectivity index (χ0) is 39.8. The fourth-order valence-electron chi connectivity index (χ4n) is 6.81. The molecule has 2 fully saturated rings. The molecular formula is C39H52N8O8. The summed E-state index contributed by atoms with van der Waals surface area (Å²) in [6.45, 7) is 9.40. The third-order valence-corrected chi connectivity index (χ3v) is 10.1. The van der Waals surface area contributed by atoms with E-state index in [9.17, 15) is 33.6 Å². The smallest absolute Gasteiger partial charge is 0.410 e. The van der Waals surface area contributed by atoms with Gasteiger partial charge in [0.05, 0.1) is 18.8 Å². The van der Waals surface area contributed by atoms with Crippen molar-refractivity contribution in [3.63, 3.8) is 0 Å². The average Bonchev–Trinajstić information content (AvgIpc) is 3.89. The Kier molecular flexibility index (Phi) is 13.5. The van der Waals surface area contributed by atoms with Gasteiger partial charge < -0.3 is 35.8 Å². The van der Waals surface area contributed by atoms with Crippen LogP contribution in [-0.4, -0.2) is 111 Å². The lowest BCUT2D eigenvalue weighted by molar-refractivity contribution is -0.144. The maximum atomic E-state index is 14.5. The van der Waals surface area contributed by atoms with Gasteiger partial charge in [0.1, 0.15) is 29.9 Å². The molecule has 3 heterocycles. The Bertz CT molecular complexity index is 1750. The molecule has 0 radical (unpaired) electrons. The van der Waals surface area contributed by atoms with Crippen LogP contribution in [0.25, 0.3) is 0 Å². The zero-order valence-corrected chi connectivity index (χ0v) is 32.1. The maximum Gasteiger partial charge on any atom is 0.410 e. The number of ketones is 1. The standard InChI is InChI=1S/C39H52N8O8/c1-6-9-28(33(48)37(52)42-26-12-13-26)43-35(50)30-18-27(55-39(54)46-17-14-24-10-7-8-11-25(24)20-46)21-47(30)38(53)32(23(4)5)45-36(51)31(22(2)3)44-34(49)29-19-40-15-16-41-29/h7-8,10-11,15-16,19,22-23,26-28,30-32H,6,9,12-14,17-18,20-21H2,1-5H3,(H,42,52)(H,43,50)(H,44,49)(H,45,51)/t27-,28+,30-,31+,32-/m0/s1. The third kappa shape index (κ3) is 10.4. The van der Waals surface area contributed by atoms with Crippen LogP contribution in [0.15, 0.2) is 42.9 Å². The lowest BCUT2D eigenvalue weighted by Gasteiger charge is -2.32. The average molecular weight is 761 g/mol. The molecule has 6 amide bonds. The molecule has 2 aromatic rings. The second-order valence-corrected chi connectivity index (χ2v) is 15.2. The molecular weight excluding hydrogens is 708 g/mol. The number of hydrogen-bond donors (Lipinski definition) is 4. The monoisotopic (exact) mass is 760 g/mol. The number of carbonyl (C=O) groups excluding carboxylic acids is 7. The molecule has 2 aliphatic heterocycles. The molecule has 5 atom stereocenters. The molecule has 0 spiro atoms. The first-order valence-corrected chi connectivity index (χ1v) is 19.1. The molecule has 1 aromatic heterocycles. The summed E-state index contributed by atoms with van der Waals surface area (Å²) in [5.74, 6) is -4.94. The summed E-state index contributed by atoms with van der Waals surface area (Å²) in [4.78, 5) is 105. The van der Waals surface area contributed by atoms with E-state index in [0.717, 1.165) is 24.0 Å². The molecule has 0 bridgehead atoms. The number of amides is 6. The number of ether oxygens (including phenoxy) is 1. The van der Waals surface area contributed by atoms with Gasteiger partial charge in [-0.1, -0.05) is 65.3 Å². The maximum absolute atomic E-state index is 14.5. The summed E-state index contributed by atoms with van der Waals surface area (Å²) in [6, 6.07) is 3.25. The molecule has 1 saturated heterocycles. The van der Waals surface area contributed by atoms with E-state index in [1.54, 1.807) is 32.6 Å². The number of rotatable bonds is 15. The number of aromatic nitrogens is 2. The van der Waals surface area contributed by atoms with Crippen LogP contribution >= 0.6 is 0 Å². The van der Waals surface area contributed by atoms with Gasteiger partial charge in [0.15, 0.2) is 0 Å². The second kappa shape index (κ2) is 18.3. The highest BCUT2D eigenvalue weighted by Crippen LogP contribution is 2.26. The highest BCUT2D eigenvalue weighted by atomic mass is 16.6. The summed E-state index contributed by atoms with van der Waals surface area (Å²) in [6.07, 6.45) is 5.40. The van der Waals surface area contributed by atoms with Crippen molar-refractivity contribution in [1.82, 2.24) is 41.0 Å². The van der Waals surface area contributed by atoms with Crippen LogP contribution < -0.4 is 21.3 Å². The zero-order valence-electron chi connectivity index (χ0n) is 32.1. The van der Waals surface area contributed by atoms with Gasteiger partial charge in [-0.15, -0.1) is 0 Å². The van der Waals surface area contributed by atoms with E-state index in [0.29, 0.717) is 25.9 Å². The fraction of sp³-hybridized carbons (Fsp3) is 0.564. The van der Waals surface area contributed by atoms with Gasteiger partial charge in [-0.05, 0) is 48.6 Å². The summed E-state index contributed by atoms with van der Waals surface area (Å²) >= 11 is 0. The van der Waals surface area contributed by atoms with Crippen LogP contribution in [0.1, 0.15) is 88.3 Å². The van der Waals surface area contributed by atoms with Crippen LogP contribution in [0.3, 0.4) is 0 Å². The van der Waals surface area contributed by atoms with Gasteiger partial charge in [-0.25, -0.2) is 9.78 Å². The molecule has 5 rings (SSSR count). The minimum Gasteiger partial charge on any atom is -0.444 e. The molecule has 296 valence electrons. The molecule has 55 heavy (non-hydrogen) atoms. The Morgan fingerprint density at radius 1 is 0.909 bits per heavy atom. The van der Waals surface area contributed by atoms with Gasteiger partial charge >= 0.3 is 6.09 Å². The highest BCUT2D eigenvalue weighted by Gasteiger charge is 2.46. The van der Waals surface area contributed by atoms with Crippen LogP contribution in [0.2, 0.25) is 0 Å². The number of hydrogen-bond acceptors (Lipinski definition) is 10. The number of Topliss-reactive ketones (excluding diaryl/α,β-unsaturated/α-hetero) is 1. The van der Waals surface area contributed by atoms with Crippen LogP contribution in [0.4, 0.5) is 4.79 Å². The third-order valence-electron chi connectivity index (χ3n) is 10.1. The van der Waals surface area contributed by atoms with Crippen LogP contribution in [-0.2, 0) is 41.7 Å². The largest absolute Gasteiger partial charge is 0.444 e. The minimum absolute atomic E-state index is 0.0163. The Morgan fingerprint density at radius 3 is 2.25 bits per heavy atom. The Morgan fingerprint density at radius 2 is 1.62 bits per heavy atom. The van der Waals surface area contributed by atoms with Crippen molar-refractivity contribution < 1.29 is 38.3 Å². The predicted octanol–water partition coefficient (Wildman–Crippen LogP) is 1.67. The Balaban J connectivity index is 1.34. The van der Waals surface area contributed by atoms with Crippen molar-refractivity contribution >= 4 is 41.4 Å². The fourth-order valence-corrected chi connectivity index (χ4v) is 6.81. The van der Waals surface area contributed by atoms with Crippen molar-refractivity contribution in [1.29, 1.82) is 0 Å². The van der Waals surface area contributed by atoms with E-state index >= 15 is 0 Å². The van der Waals surface area contributed by atoms with Crippen molar-refractivity contribution in [2.45, 2.75) is 116 Å². The first kappa shape index (κ1) is 40.8. The summed E-state index contributed by atoms with van der Waals surface area (Å²) in [5.41, 5.74) is 2.17. The van der Waals surface area contributed by atoms with Gasteiger partial charge in [-0.3, -0.25) is 33.8 Å². The SMILES string of the molecule is CCC[C@@H](NC(=O)[C@@H]1C[C@H](OC(=O)N2CCc3ccccc3C2)CN1C(=O)[C@@H](NC(=O)[C@H](NC(=O)c1cnccn1)C(C)C)C(C)C)C(=O)C(=O)NC1CC1. The van der Waals surface area contributed by atoms with E-state index in [1.807, 2.05) is 31.2 Å². The summed E-state index contributed by atoms with van der Waals surface area (Å²) in [5, 5.41) is 10.8. The van der Waals surface area contributed by atoms with Gasteiger partial charge in [0.2, 0.25) is 23.5 Å². The first-order valence-electron chi connectivity index (χ1n) is 19.1. The molecule has 1 aliphatic carbocycles. The minimum atomic E-state index is -1.19. The number of carbonyl (C=O) groups is 7. The normalized spacial score (nSPS) is 19.5. The predicted molar refractivity (Wildman–Crippen MR) is 199 cm³/mol. The number of nitrogens with zero attached hydrogens (tertiary/aromatic N) is 4. The Labute approximate surface area is 320 Å². The van der Waals surface area contributed by atoms with E-state index in [4.69, 9.17) is 4.74 Å². The molecule has 1 saturated carbocycles. The van der Waals surface area contributed by atoms with Crippen molar-refractivity contribution in [2.75, 3.05) is 13.1 Å². The molecule has 4 N–H and O–H groups in total. The molecule has 16 nitrogen and oxygen atoms in total. The second-order valence-electron chi connectivity index (χ2n) is 15.2. The number of benzene rings is 1. The summed E-state index contributed by atoms with van der Waals surface area (Å²) in [7, 11) is 0.